The van der Waals surface area contributed by atoms with E-state index in [-0.39, 0.29) is 29.5 Å². The minimum absolute atomic E-state index is 0.0600. The molecular weight excluding hydrogens is 374 g/mol. The van der Waals surface area contributed by atoms with Gasteiger partial charge in [0.2, 0.25) is 5.91 Å². The van der Waals surface area contributed by atoms with Gasteiger partial charge in [0.25, 0.3) is 0 Å². The Bertz CT molecular complexity index is 816. The number of anilines is 1. The van der Waals surface area contributed by atoms with Crippen molar-refractivity contribution in [2.24, 2.45) is 0 Å². The number of carbonyl (C=O) groups excluding carboxylic acids is 1. The van der Waals surface area contributed by atoms with E-state index < -0.39 is 9.84 Å². The van der Waals surface area contributed by atoms with Gasteiger partial charge in [0.15, 0.2) is 9.84 Å². The largest absolute Gasteiger partial charge is 0.369 e. The van der Waals surface area contributed by atoms with Crippen LogP contribution in [0.4, 0.5) is 5.69 Å². The summed E-state index contributed by atoms with van der Waals surface area (Å²) in [5.41, 5.74) is 3.90. The molecule has 3 rings (SSSR count). The SMILES string of the molecule is CCN(C(=O)[C@@H](C)N1CCN(c2cccc(C)c2C)CC1)[C@H]1CCS(=O)(=O)C1. The molecule has 1 aromatic carbocycles. The van der Waals surface area contributed by atoms with Crippen molar-refractivity contribution in [2.45, 2.75) is 46.2 Å². The Balaban J connectivity index is 1.62. The van der Waals surface area contributed by atoms with Crippen LogP contribution in [-0.4, -0.2) is 80.4 Å². The average Bonchev–Trinajstić information content (AvgIpc) is 3.03. The van der Waals surface area contributed by atoms with Gasteiger partial charge in [-0.1, -0.05) is 12.1 Å². The van der Waals surface area contributed by atoms with Crippen LogP contribution in [-0.2, 0) is 14.6 Å². The van der Waals surface area contributed by atoms with E-state index in [9.17, 15) is 13.2 Å². The van der Waals surface area contributed by atoms with Gasteiger partial charge in [-0.2, -0.15) is 0 Å². The summed E-state index contributed by atoms with van der Waals surface area (Å²) in [6, 6.07) is 6.03. The number of carbonyl (C=O) groups is 1. The van der Waals surface area contributed by atoms with Crippen molar-refractivity contribution >= 4 is 21.4 Å². The highest BCUT2D eigenvalue weighted by Crippen LogP contribution is 2.25. The first-order valence-electron chi connectivity index (χ1n) is 10.3. The summed E-state index contributed by atoms with van der Waals surface area (Å²) < 4.78 is 23.6. The minimum atomic E-state index is -2.99. The van der Waals surface area contributed by atoms with Gasteiger partial charge in [-0.15, -0.1) is 0 Å². The Morgan fingerprint density at radius 2 is 1.89 bits per heavy atom. The van der Waals surface area contributed by atoms with Crippen molar-refractivity contribution in [1.82, 2.24) is 9.80 Å². The number of hydrogen-bond acceptors (Lipinski definition) is 5. The lowest BCUT2D eigenvalue weighted by atomic mass is 10.1. The smallest absolute Gasteiger partial charge is 0.239 e. The van der Waals surface area contributed by atoms with Crippen LogP contribution in [0.5, 0.6) is 0 Å². The van der Waals surface area contributed by atoms with Gasteiger partial charge in [0, 0.05) is 44.5 Å². The van der Waals surface area contributed by atoms with Crippen molar-refractivity contribution in [3.63, 3.8) is 0 Å². The third kappa shape index (κ3) is 4.35. The summed E-state index contributed by atoms with van der Waals surface area (Å²) in [4.78, 5) is 19.5. The monoisotopic (exact) mass is 407 g/mol. The molecule has 7 heteroatoms. The Labute approximate surface area is 169 Å². The average molecular weight is 408 g/mol. The van der Waals surface area contributed by atoms with Crippen molar-refractivity contribution < 1.29 is 13.2 Å². The van der Waals surface area contributed by atoms with E-state index in [0.717, 1.165) is 26.2 Å². The lowest BCUT2D eigenvalue weighted by Gasteiger charge is -2.41. The maximum absolute atomic E-state index is 13.1. The number of benzene rings is 1. The molecule has 0 N–H and O–H groups in total. The highest BCUT2D eigenvalue weighted by atomic mass is 32.2. The zero-order valence-corrected chi connectivity index (χ0v) is 18.3. The van der Waals surface area contributed by atoms with Crippen LogP contribution in [0.3, 0.4) is 0 Å². The summed E-state index contributed by atoms with van der Waals surface area (Å²) in [7, 11) is -2.99. The van der Waals surface area contributed by atoms with Crippen LogP contribution in [0.15, 0.2) is 18.2 Å². The molecule has 2 atom stereocenters. The second kappa shape index (κ2) is 8.41. The molecule has 2 heterocycles. The van der Waals surface area contributed by atoms with Crippen LogP contribution >= 0.6 is 0 Å². The van der Waals surface area contributed by atoms with Crippen LogP contribution < -0.4 is 4.90 Å². The van der Waals surface area contributed by atoms with E-state index in [2.05, 4.69) is 41.8 Å². The van der Waals surface area contributed by atoms with Crippen LogP contribution in [0.25, 0.3) is 0 Å². The highest BCUT2D eigenvalue weighted by Gasteiger charge is 2.37. The molecular formula is C21H33N3O3S. The summed E-state index contributed by atoms with van der Waals surface area (Å²) in [5.74, 6) is 0.370. The molecule has 1 amide bonds. The molecule has 2 saturated heterocycles. The molecule has 2 aliphatic heterocycles. The number of likely N-dealkylation sites (N-methyl/N-ethyl adjacent to an activating group) is 1. The molecule has 0 bridgehead atoms. The molecule has 0 saturated carbocycles. The molecule has 0 aliphatic carbocycles. The van der Waals surface area contributed by atoms with Gasteiger partial charge < -0.3 is 9.80 Å². The Morgan fingerprint density at radius 3 is 2.46 bits per heavy atom. The van der Waals surface area contributed by atoms with Crippen molar-refractivity contribution in [1.29, 1.82) is 0 Å². The minimum Gasteiger partial charge on any atom is -0.369 e. The van der Waals surface area contributed by atoms with Gasteiger partial charge in [-0.3, -0.25) is 9.69 Å². The summed E-state index contributed by atoms with van der Waals surface area (Å²) >= 11 is 0. The van der Waals surface area contributed by atoms with E-state index in [1.165, 1.54) is 16.8 Å². The summed E-state index contributed by atoms with van der Waals surface area (Å²) in [6.07, 6.45) is 0.565. The Morgan fingerprint density at radius 1 is 1.21 bits per heavy atom. The molecule has 2 fully saturated rings. The number of nitrogens with zero attached hydrogens (tertiary/aromatic N) is 3. The number of rotatable bonds is 5. The first-order chi connectivity index (χ1) is 13.2. The summed E-state index contributed by atoms with van der Waals surface area (Å²) in [6.45, 7) is 12.2. The molecule has 2 aliphatic rings. The van der Waals surface area contributed by atoms with Crippen LogP contribution in [0.1, 0.15) is 31.4 Å². The van der Waals surface area contributed by atoms with Gasteiger partial charge >= 0.3 is 0 Å². The zero-order valence-electron chi connectivity index (χ0n) is 17.5. The number of hydrogen-bond donors (Lipinski definition) is 0. The zero-order chi connectivity index (χ0) is 20.5. The Kier molecular flexibility index (Phi) is 6.34. The summed E-state index contributed by atoms with van der Waals surface area (Å²) in [5, 5.41) is 0. The van der Waals surface area contributed by atoms with E-state index in [4.69, 9.17) is 0 Å². The van der Waals surface area contributed by atoms with Crippen molar-refractivity contribution in [3.8, 4) is 0 Å². The second-order valence-electron chi connectivity index (χ2n) is 8.10. The number of aryl methyl sites for hydroxylation is 1. The van der Waals surface area contributed by atoms with Crippen LogP contribution in [0.2, 0.25) is 0 Å². The first-order valence-corrected chi connectivity index (χ1v) is 12.1. The van der Waals surface area contributed by atoms with Crippen molar-refractivity contribution in [3.05, 3.63) is 29.3 Å². The molecule has 1 aromatic rings. The maximum Gasteiger partial charge on any atom is 0.239 e. The van der Waals surface area contributed by atoms with Gasteiger partial charge in [-0.25, -0.2) is 8.42 Å². The lowest BCUT2D eigenvalue weighted by molar-refractivity contribution is -0.138. The molecule has 0 radical (unpaired) electrons. The first kappa shape index (κ1) is 21.1. The second-order valence-corrected chi connectivity index (χ2v) is 10.3. The molecule has 28 heavy (non-hydrogen) atoms. The van der Waals surface area contributed by atoms with Crippen LogP contribution in [0, 0.1) is 13.8 Å². The fourth-order valence-corrected chi connectivity index (χ4v) is 6.17. The van der Waals surface area contributed by atoms with Gasteiger partial charge in [0.05, 0.1) is 17.5 Å². The number of amides is 1. The molecule has 156 valence electrons. The fraction of sp³-hybridized carbons (Fsp3) is 0.667. The fourth-order valence-electron chi connectivity index (χ4n) is 4.44. The normalized spacial score (nSPS) is 23.6. The third-order valence-electron chi connectivity index (χ3n) is 6.41. The molecule has 0 aromatic heterocycles. The molecule has 0 unspecified atom stereocenters. The molecule has 6 nitrogen and oxygen atoms in total. The van der Waals surface area contributed by atoms with E-state index in [1.807, 2.05) is 13.8 Å². The lowest BCUT2D eigenvalue weighted by Crippen LogP contribution is -2.56. The number of piperazine rings is 1. The topological polar surface area (TPSA) is 60.9 Å². The molecule has 0 spiro atoms. The van der Waals surface area contributed by atoms with Crippen molar-refractivity contribution in [2.75, 3.05) is 49.1 Å². The predicted octanol–water partition coefficient (Wildman–Crippen LogP) is 1.85. The predicted molar refractivity (Wildman–Crippen MR) is 114 cm³/mol. The Hall–Kier alpha value is -1.60. The highest BCUT2D eigenvalue weighted by molar-refractivity contribution is 7.91. The maximum atomic E-state index is 13.1. The van der Waals surface area contributed by atoms with E-state index in [0.29, 0.717) is 13.0 Å². The number of sulfone groups is 1. The standard InChI is InChI=1S/C21H33N3O3S/c1-5-24(19-9-14-28(26,27)15-19)21(25)18(4)22-10-12-23(13-11-22)20-8-6-7-16(2)17(20)3/h6-8,18-19H,5,9-15H2,1-4H3/t18-,19+/m1/s1. The third-order valence-corrected chi connectivity index (χ3v) is 8.16. The van der Waals surface area contributed by atoms with E-state index >= 15 is 0 Å². The van der Waals surface area contributed by atoms with Gasteiger partial charge in [0.1, 0.15) is 0 Å². The van der Waals surface area contributed by atoms with Gasteiger partial charge in [-0.05, 0) is 51.3 Å². The quantitative estimate of drug-likeness (QED) is 0.746. The van der Waals surface area contributed by atoms with E-state index in [1.54, 1.807) is 4.90 Å².